The van der Waals surface area contributed by atoms with Crippen molar-refractivity contribution < 1.29 is 23.1 Å². The standard InChI is InChI=1S/C4H6F3NO2/c1-3(8,10)2(9)4(5,6)7/h10H,8H2,1H3. The molecular formula is C4H6F3NO2. The summed E-state index contributed by atoms with van der Waals surface area (Å²) in [5, 5.41) is 8.33. The first-order valence-corrected chi connectivity index (χ1v) is 2.28. The highest BCUT2D eigenvalue weighted by molar-refractivity contribution is 5.90. The number of alkyl halides is 3. The van der Waals surface area contributed by atoms with E-state index in [1.54, 1.807) is 0 Å². The molecule has 3 N–H and O–H groups in total. The highest BCUT2D eigenvalue weighted by Gasteiger charge is 2.47. The second-order valence-corrected chi connectivity index (χ2v) is 1.97. The lowest BCUT2D eigenvalue weighted by Gasteiger charge is -2.16. The Morgan fingerprint density at radius 2 is 1.80 bits per heavy atom. The molecule has 10 heavy (non-hydrogen) atoms. The zero-order valence-corrected chi connectivity index (χ0v) is 5.07. The summed E-state index contributed by atoms with van der Waals surface area (Å²) in [5.74, 6) is -2.35. The van der Waals surface area contributed by atoms with Crippen molar-refractivity contribution in [3.05, 3.63) is 0 Å². The molecule has 0 saturated heterocycles. The molecule has 1 atom stereocenters. The van der Waals surface area contributed by atoms with Crippen LogP contribution in [0.2, 0.25) is 0 Å². The summed E-state index contributed by atoms with van der Waals surface area (Å²) < 4.78 is 34.1. The molecule has 6 heteroatoms. The second kappa shape index (κ2) is 2.21. The lowest BCUT2D eigenvalue weighted by molar-refractivity contribution is -0.187. The molecule has 0 spiro atoms. The van der Waals surface area contributed by atoms with E-state index < -0.39 is 17.7 Å². The molecule has 0 radical (unpaired) electrons. The monoisotopic (exact) mass is 157 g/mol. The average Bonchev–Trinajstić information content (AvgIpc) is 1.59. The summed E-state index contributed by atoms with van der Waals surface area (Å²) in [5.41, 5.74) is 1.63. The third-order valence-electron chi connectivity index (χ3n) is 0.717. The van der Waals surface area contributed by atoms with Crippen LogP contribution in [-0.2, 0) is 4.79 Å². The Balaban J connectivity index is 4.40. The molecule has 0 aliphatic heterocycles. The van der Waals surface area contributed by atoms with Crippen LogP contribution in [0.15, 0.2) is 0 Å². The van der Waals surface area contributed by atoms with E-state index in [1.807, 2.05) is 0 Å². The lowest BCUT2D eigenvalue weighted by Crippen LogP contribution is -2.51. The van der Waals surface area contributed by atoms with Crippen molar-refractivity contribution >= 4 is 5.78 Å². The molecule has 0 rings (SSSR count). The van der Waals surface area contributed by atoms with E-state index in [-0.39, 0.29) is 0 Å². The Kier molecular flexibility index (Phi) is 2.07. The molecule has 0 amide bonds. The van der Waals surface area contributed by atoms with Gasteiger partial charge in [0, 0.05) is 0 Å². The van der Waals surface area contributed by atoms with Crippen LogP contribution in [0.1, 0.15) is 6.92 Å². The van der Waals surface area contributed by atoms with Crippen LogP contribution in [0.3, 0.4) is 0 Å². The van der Waals surface area contributed by atoms with Gasteiger partial charge in [0.2, 0.25) is 0 Å². The topological polar surface area (TPSA) is 63.3 Å². The van der Waals surface area contributed by atoms with Crippen molar-refractivity contribution in [3.8, 4) is 0 Å². The second-order valence-electron chi connectivity index (χ2n) is 1.97. The number of carbonyl (C=O) groups is 1. The van der Waals surface area contributed by atoms with Gasteiger partial charge in [-0.3, -0.25) is 10.5 Å². The van der Waals surface area contributed by atoms with Gasteiger partial charge in [0.25, 0.3) is 5.78 Å². The van der Waals surface area contributed by atoms with Crippen LogP contribution >= 0.6 is 0 Å². The Bertz CT molecular complexity index is 130. The van der Waals surface area contributed by atoms with E-state index in [9.17, 15) is 18.0 Å². The zero-order chi connectivity index (χ0) is 8.58. The Morgan fingerprint density at radius 1 is 1.50 bits per heavy atom. The molecule has 0 bridgehead atoms. The Morgan fingerprint density at radius 3 is 1.80 bits per heavy atom. The predicted molar refractivity (Wildman–Crippen MR) is 25.9 cm³/mol. The van der Waals surface area contributed by atoms with Crippen molar-refractivity contribution in [1.29, 1.82) is 0 Å². The van der Waals surface area contributed by atoms with Gasteiger partial charge in [-0.2, -0.15) is 13.2 Å². The van der Waals surface area contributed by atoms with Crippen molar-refractivity contribution in [2.75, 3.05) is 0 Å². The van der Waals surface area contributed by atoms with Gasteiger partial charge in [-0.15, -0.1) is 0 Å². The van der Waals surface area contributed by atoms with Crippen LogP contribution in [-0.4, -0.2) is 22.8 Å². The molecule has 0 heterocycles. The number of hydrogen-bond acceptors (Lipinski definition) is 3. The van der Waals surface area contributed by atoms with Gasteiger partial charge in [0.15, 0.2) is 5.72 Å². The van der Waals surface area contributed by atoms with Crippen molar-refractivity contribution in [2.45, 2.75) is 18.8 Å². The molecule has 60 valence electrons. The molecule has 0 aromatic heterocycles. The number of Topliss-reactive ketones (excluding diaryl/α,β-unsaturated/α-hetero) is 1. The molecule has 0 aromatic rings. The van der Waals surface area contributed by atoms with Crippen LogP contribution in [0.25, 0.3) is 0 Å². The molecule has 0 fully saturated rings. The van der Waals surface area contributed by atoms with Gasteiger partial charge in [-0.25, -0.2) is 0 Å². The minimum atomic E-state index is -5.07. The first-order chi connectivity index (χ1) is 4.15. The van der Waals surface area contributed by atoms with Crippen molar-refractivity contribution in [3.63, 3.8) is 0 Å². The first-order valence-electron chi connectivity index (χ1n) is 2.28. The predicted octanol–water partition coefficient (Wildman–Crippen LogP) is -0.215. The maximum absolute atomic E-state index is 11.4. The Hall–Kier alpha value is -0.620. The van der Waals surface area contributed by atoms with E-state index in [2.05, 4.69) is 5.73 Å². The van der Waals surface area contributed by atoms with Gasteiger partial charge < -0.3 is 5.11 Å². The van der Waals surface area contributed by atoms with E-state index in [0.29, 0.717) is 6.92 Å². The minimum Gasteiger partial charge on any atom is -0.369 e. The number of carbonyl (C=O) groups excluding carboxylic acids is 1. The van der Waals surface area contributed by atoms with E-state index in [4.69, 9.17) is 5.11 Å². The normalized spacial score (nSPS) is 18.2. The minimum absolute atomic E-state index is 0.572. The molecule has 0 aliphatic rings. The van der Waals surface area contributed by atoms with Crippen molar-refractivity contribution in [1.82, 2.24) is 0 Å². The summed E-state index contributed by atoms with van der Waals surface area (Å²) in [6.07, 6.45) is -5.07. The first kappa shape index (κ1) is 9.38. The largest absolute Gasteiger partial charge is 0.454 e. The third-order valence-corrected chi connectivity index (χ3v) is 0.717. The van der Waals surface area contributed by atoms with E-state index in [0.717, 1.165) is 0 Å². The number of hydrogen-bond donors (Lipinski definition) is 2. The summed E-state index contributed by atoms with van der Waals surface area (Å²) in [6, 6.07) is 0. The SMILES string of the molecule is CC(N)(O)C(=O)C(F)(F)F. The number of halogens is 3. The smallest absolute Gasteiger partial charge is 0.369 e. The fraction of sp³-hybridized carbons (Fsp3) is 0.750. The van der Waals surface area contributed by atoms with Gasteiger partial charge in [0.1, 0.15) is 0 Å². The Labute approximate surface area is 54.6 Å². The van der Waals surface area contributed by atoms with Gasteiger partial charge in [-0.1, -0.05) is 0 Å². The van der Waals surface area contributed by atoms with E-state index in [1.165, 1.54) is 0 Å². The quantitative estimate of drug-likeness (QED) is 0.517. The van der Waals surface area contributed by atoms with Crippen LogP contribution in [0.5, 0.6) is 0 Å². The highest BCUT2D eigenvalue weighted by Crippen LogP contribution is 2.20. The fourth-order valence-corrected chi connectivity index (χ4v) is 0.287. The summed E-state index contributed by atoms with van der Waals surface area (Å²) in [4.78, 5) is 9.99. The number of rotatable bonds is 1. The molecule has 0 aliphatic carbocycles. The van der Waals surface area contributed by atoms with Gasteiger partial charge in [0.05, 0.1) is 0 Å². The molecule has 0 aromatic carbocycles. The number of ketones is 1. The maximum atomic E-state index is 11.4. The molecular weight excluding hydrogens is 151 g/mol. The van der Waals surface area contributed by atoms with Gasteiger partial charge in [-0.05, 0) is 6.92 Å². The average molecular weight is 157 g/mol. The number of nitrogens with two attached hydrogens (primary N) is 1. The summed E-state index contributed by atoms with van der Waals surface area (Å²) in [7, 11) is 0. The molecule has 3 nitrogen and oxygen atoms in total. The number of aliphatic hydroxyl groups is 1. The molecule has 1 unspecified atom stereocenters. The molecule has 0 saturated carbocycles. The van der Waals surface area contributed by atoms with E-state index >= 15 is 0 Å². The van der Waals surface area contributed by atoms with Gasteiger partial charge >= 0.3 is 6.18 Å². The fourth-order valence-electron chi connectivity index (χ4n) is 0.287. The zero-order valence-electron chi connectivity index (χ0n) is 5.07. The highest BCUT2D eigenvalue weighted by atomic mass is 19.4. The summed E-state index contributed by atoms with van der Waals surface area (Å²) in [6.45, 7) is 0.572. The van der Waals surface area contributed by atoms with Crippen LogP contribution in [0, 0.1) is 0 Å². The van der Waals surface area contributed by atoms with Crippen molar-refractivity contribution in [2.24, 2.45) is 5.73 Å². The van der Waals surface area contributed by atoms with Crippen LogP contribution in [0.4, 0.5) is 13.2 Å². The third kappa shape index (κ3) is 2.32. The lowest BCUT2D eigenvalue weighted by atomic mass is 10.2. The summed E-state index contributed by atoms with van der Waals surface area (Å²) >= 11 is 0. The maximum Gasteiger partial charge on any atom is 0.454 e. The van der Waals surface area contributed by atoms with Crippen LogP contribution < -0.4 is 5.73 Å².